The zero-order valence-corrected chi connectivity index (χ0v) is 22.6. The molecule has 0 spiro atoms. The van der Waals surface area contributed by atoms with E-state index in [1.165, 1.54) is 66.1 Å². The van der Waals surface area contributed by atoms with Crippen molar-refractivity contribution in [1.82, 2.24) is 4.98 Å². The van der Waals surface area contributed by atoms with E-state index in [0.29, 0.717) is 4.88 Å². The van der Waals surface area contributed by atoms with Crippen LogP contribution < -0.4 is 10.6 Å². The Morgan fingerprint density at radius 1 is 0.829 bits per heavy atom. The monoisotopic (exact) mass is 587 g/mol. The quantitative estimate of drug-likeness (QED) is 0.212. The van der Waals surface area contributed by atoms with Gasteiger partial charge >= 0.3 is 11.9 Å². The number of pyridine rings is 1. The van der Waals surface area contributed by atoms with Crippen LogP contribution in [0.15, 0.2) is 66.2 Å². The highest BCUT2D eigenvalue weighted by molar-refractivity contribution is 7.12. The SMILES string of the molecule is Cc1ccsc1C(=O)Nc1ccc(C#N)cc1C(=O)O.N#Cc1ccc(NC(=O)c2ccc(Cl)nc2)c(C(=O)O)c1. The van der Waals surface area contributed by atoms with Crippen LogP contribution in [-0.4, -0.2) is 39.0 Å². The van der Waals surface area contributed by atoms with Crippen LogP contribution in [0.2, 0.25) is 5.15 Å². The van der Waals surface area contributed by atoms with Crippen molar-refractivity contribution in [3.63, 3.8) is 0 Å². The number of carbonyl (C=O) groups excluding carboxylic acids is 2. The van der Waals surface area contributed by atoms with Crippen molar-refractivity contribution >= 4 is 58.1 Å². The highest BCUT2D eigenvalue weighted by Crippen LogP contribution is 2.22. The fourth-order valence-corrected chi connectivity index (χ4v) is 4.22. The minimum atomic E-state index is -1.24. The van der Waals surface area contributed by atoms with Gasteiger partial charge in [0.05, 0.1) is 56.2 Å². The molecule has 0 fully saturated rings. The highest BCUT2D eigenvalue weighted by atomic mass is 35.5. The number of hydrogen-bond donors (Lipinski definition) is 4. The maximum atomic E-state index is 12.1. The summed E-state index contributed by atoms with van der Waals surface area (Å²) >= 11 is 6.91. The Labute approximate surface area is 241 Å². The minimum Gasteiger partial charge on any atom is -0.478 e. The first kappa shape index (κ1) is 30.0. The maximum absolute atomic E-state index is 12.1. The van der Waals surface area contributed by atoms with Gasteiger partial charge in [0.1, 0.15) is 5.15 Å². The van der Waals surface area contributed by atoms with Crippen LogP contribution in [0.4, 0.5) is 11.4 Å². The smallest absolute Gasteiger partial charge is 0.337 e. The van der Waals surface area contributed by atoms with E-state index in [1.54, 1.807) is 5.38 Å². The zero-order valence-electron chi connectivity index (χ0n) is 21.0. The molecule has 0 unspecified atom stereocenters. The molecule has 41 heavy (non-hydrogen) atoms. The zero-order chi connectivity index (χ0) is 30.1. The number of nitrogens with one attached hydrogen (secondary N) is 2. The van der Waals surface area contributed by atoms with Crippen molar-refractivity contribution in [2.75, 3.05) is 10.6 Å². The first-order valence-electron chi connectivity index (χ1n) is 11.4. The Bertz CT molecular complexity index is 1740. The molecule has 4 aromatic rings. The molecule has 13 heteroatoms. The number of thiophene rings is 1. The van der Waals surface area contributed by atoms with E-state index in [4.69, 9.17) is 32.3 Å². The molecule has 4 N–H and O–H groups in total. The summed E-state index contributed by atoms with van der Waals surface area (Å²) in [4.78, 5) is 50.7. The number of hydrogen-bond acceptors (Lipinski definition) is 8. The van der Waals surface area contributed by atoms with Gasteiger partial charge in [0, 0.05) is 6.20 Å². The van der Waals surface area contributed by atoms with Gasteiger partial charge in [-0.1, -0.05) is 11.6 Å². The Balaban J connectivity index is 0.000000226. The van der Waals surface area contributed by atoms with E-state index in [1.807, 2.05) is 25.1 Å². The number of benzene rings is 2. The summed E-state index contributed by atoms with van der Waals surface area (Å²) in [7, 11) is 0. The molecule has 0 bridgehead atoms. The lowest BCUT2D eigenvalue weighted by Gasteiger charge is -2.08. The molecular formula is C28H18ClN5O6S. The number of nitrogens with zero attached hydrogens (tertiary/aromatic N) is 3. The van der Waals surface area contributed by atoms with E-state index in [9.17, 15) is 19.2 Å². The molecule has 2 aromatic heterocycles. The predicted molar refractivity (Wildman–Crippen MR) is 150 cm³/mol. The van der Waals surface area contributed by atoms with E-state index >= 15 is 0 Å². The van der Waals surface area contributed by atoms with E-state index < -0.39 is 17.8 Å². The number of carboxylic acid groups (broad SMARTS) is 2. The van der Waals surface area contributed by atoms with Crippen LogP contribution in [0.1, 0.15) is 57.4 Å². The van der Waals surface area contributed by atoms with Crippen molar-refractivity contribution in [1.29, 1.82) is 10.5 Å². The first-order chi connectivity index (χ1) is 19.5. The Kier molecular flexibility index (Phi) is 9.86. The van der Waals surface area contributed by atoms with Crippen molar-refractivity contribution in [3.8, 4) is 12.1 Å². The molecule has 0 saturated heterocycles. The van der Waals surface area contributed by atoms with Crippen LogP contribution >= 0.6 is 22.9 Å². The molecule has 204 valence electrons. The lowest BCUT2D eigenvalue weighted by molar-refractivity contribution is 0.0687. The van der Waals surface area contributed by atoms with E-state index in [-0.39, 0.29) is 50.3 Å². The second-order valence-electron chi connectivity index (χ2n) is 8.07. The summed E-state index contributed by atoms with van der Waals surface area (Å²) in [6.07, 6.45) is 1.28. The van der Waals surface area contributed by atoms with Crippen molar-refractivity contribution in [2.45, 2.75) is 6.92 Å². The number of rotatable bonds is 6. The van der Waals surface area contributed by atoms with Gasteiger partial charge < -0.3 is 20.8 Å². The summed E-state index contributed by atoms with van der Waals surface area (Å²) in [5.41, 5.74) is 1.50. The van der Waals surface area contributed by atoms with Gasteiger partial charge in [0.2, 0.25) is 0 Å². The third kappa shape index (κ3) is 7.74. The Morgan fingerprint density at radius 2 is 1.37 bits per heavy atom. The van der Waals surface area contributed by atoms with Gasteiger partial charge in [-0.2, -0.15) is 10.5 Å². The summed E-state index contributed by atoms with van der Waals surface area (Å²) in [5.74, 6) is -3.31. The largest absolute Gasteiger partial charge is 0.478 e. The molecule has 2 amide bonds. The van der Waals surface area contributed by atoms with E-state index in [0.717, 1.165) is 5.56 Å². The normalized spacial score (nSPS) is 9.76. The fraction of sp³-hybridized carbons (Fsp3) is 0.0357. The number of anilines is 2. The summed E-state index contributed by atoms with van der Waals surface area (Å²) in [6, 6.07) is 16.5. The van der Waals surface area contributed by atoms with Crippen LogP contribution in [0.5, 0.6) is 0 Å². The average molecular weight is 588 g/mol. The second-order valence-corrected chi connectivity index (χ2v) is 9.37. The molecule has 11 nitrogen and oxygen atoms in total. The van der Waals surface area contributed by atoms with Gasteiger partial charge in [-0.3, -0.25) is 9.59 Å². The molecule has 0 radical (unpaired) electrons. The molecule has 2 aromatic carbocycles. The van der Waals surface area contributed by atoms with Gasteiger partial charge in [-0.15, -0.1) is 11.3 Å². The summed E-state index contributed by atoms with van der Waals surface area (Å²) in [5, 5.41) is 42.9. The lowest BCUT2D eigenvalue weighted by atomic mass is 10.1. The number of halogens is 1. The second kappa shape index (κ2) is 13.5. The third-order valence-corrected chi connectivity index (χ3v) is 6.55. The average Bonchev–Trinajstić information content (AvgIpc) is 3.39. The number of aromatic nitrogens is 1. The molecule has 0 aliphatic rings. The van der Waals surface area contributed by atoms with Crippen molar-refractivity contribution in [2.24, 2.45) is 0 Å². The molecule has 4 rings (SSSR count). The summed E-state index contributed by atoms with van der Waals surface area (Å²) in [6.45, 7) is 1.81. The van der Waals surface area contributed by atoms with Crippen LogP contribution in [-0.2, 0) is 0 Å². The molecule has 0 aliphatic heterocycles. The topological polar surface area (TPSA) is 193 Å². The predicted octanol–water partition coefficient (Wildman–Crippen LogP) is 5.44. The van der Waals surface area contributed by atoms with Gasteiger partial charge in [0.15, 0.2) is 0 Å². The Hall–Kier alpha value is -5.56. The molecule has 0 atom stereocenters. The molecular weight excluding hydrogens is 570 g/mol. The Morgan fingerprint density at radius 3 is 1.78 bits per heavy atom. The van der Waals surface area contributed by atoms with Crippen molar-refractivity contribution in [3.05, 3.63) is 110 Å². The van der Waals surface area contributed by atoms with Gasteiger partial charge in [-0.25, -0.2) is 14.6 Å². The van der Waals surface area contributed by atoms with Gasteiger partial charge in [0.25, 0.3) is 11.8 Å². The maximum Gasteiger partial charge on any atom is 0.337 e. The fourth-order valence-electron chi connectivity index (χ4n) is 3.29. The molecule has 2 heterocycles. The first-order valence-corrected chi connectivity index (χ1v) is 12.6. The third-order valence-electron chi connectivity index (χ3n) is 5.31. The highest BCUT2D eigenvalue weighted by Gasteiger charge is 2.17. The van der Waals surface area contributed by atoms with Crippen molar-refractivity contribution < 1.29 is 29.4 Å². The number of aromatic carboxylic acids is 2. The standard InChI is InChI=1S/C14H8ClN3O3.C14H10N2O3S/c15-12-4-2-9(7-17-12)13(19)18-11-3-1-8(6-16)5-10(11)14(20)21;1-8-4-5-20-12(8)13(17)16-11-3-2-9(7-15)6-10(11)14(18)19/h1-5,7H,(H,18,19)(H,20,21);2-6H,1H3,(H,16,17)(H,18,19). The number of carbonyl (C=O) groups is 4. The number of nitriles is 2. The van der Waals surface area contributed by atoms with Crippen LogP contribution in [0, 0.1) is 29.6 Å². The van der Waals surface area contributed by atoms with E-state index in [2.05, 4.69) is 15.6 Å². The molecule has 0 saturated carbocycles. The lowest BCUT2D eigenvalue weighted by Crippen LogP contribution is -2.15. The number of amides is 2. The van der Waals surface area contributed by atoms with Crippen LogP contribution in [0.3, 0.4) is 0 Å². The number of aryl methyl sites for hydroxylation is 1. The number of carboxylic acids is 2. The summed E-state index contributed by atoms with van der Waals surface area (Å²) < 4.78 is 0. The van der Waals surface area contributed by atoms with Gasteiger partial charge in [-0.05, 0) is 72.5 Å². The van der Waals surface area contributed by atoms with Crippen LogP contribution in [0.25, 0.3) is 0 Å². The minimum absolute atomic E-state index is 0.0986. The molecule has 0 aliphatic carbocycles.